The molecule has 0 amide bonds. The van der Waals surface area contributed by atoms with Crippen molar-refractivity contribution in [3.63, 3.8) is 0 Å². The zero-order valence-electron chi connectivity index (χ0n) is 10.0. The van der Waals surface area contributed by atoms with Crippen molar-refractivity contribution in [2.45, 2.75) is 25.4 Å². The monoisotopic (exact) mass is 275 g/mol. The minimum Gasteiger partial charge on any atom is -0.306 e. The molecule has 0 saturated carbocycles. The van der Waals surface area contributed by atoms with Crippen molar-refractivity contribution in [1.82, 2.24) is 5.32 Å². The second-order valence-corrected chi connectivity index (χ2v) is 7.18. The standard InChI is InChI=1S/C12H15F2NO2S/c1-12(4-5-18(16,17)8-12)15-7-9-6-10(13)2-3-11(9)14/h2-3,6,15H,4-5,7-8H2,1H3. The molecule has 1 N–H and O–H groups in total. The van der Waals surface area contributed by atoms with Crippen molar-refractivity contribution in [3.8, 4) is 0 Å². The van der Waals surface area contributed by atoms with Crippen LogP contribution >= 0.6 is 0 Å². The van der Waals surface area contributed by atoms with Crippen LogP contribution in [0.15, 0.2) is 18.2 Å². The maximum absolute atomic E-state index is 13.4. The molecule has 0 aromatic heterocycles. The van der Waals surface area contributed by atoms with Gasteiger partial charge in [-0.15, -0.1) is 0 Å². The fourth-order valence-corrected chi connectivity index (χ4v) is 4.26. The minimum atomic E-state index is -3.01. The normalized spacial score (nSPS) is 26.4. The average Bonchev–Trinajstić information content (AvgIpc) is 2.55. The van der Waals surface area contributed by atoms with Gasteiger partial charge >= 0.3 is 0 Å². The number of rotatable bonds is 3. The van der Waals surface area contributed by atoms with Crippen molar-refractivity contribution in [2.75, 3.05) is 11.5 Å². The Labute approximate surface area is 105 Å². The Bertz CT molecular complexity index is 559. The molecule has 0 bridgehead atoms. The van der Waals surface area contributed by atoms with Crippen LogP contribution in [0.2, 0.25) is 0 Å². The number of benzene rings is 1. The van der Waals surface area contributed by atoms with E-state index < -0.39 is 27.0 Å². The van der Waals surface area contributed by atoms with E-state index in [1.54, 1.807) is 6.92 Å². The summed E-state index contributed by atoms with van der Waals surface area (Å²) in [5.41, 5.74) is -0.349. The second-order valence-electron chi connectivity index (χ2n) is 4.99. The zero-order valence-corrected chi connectivity index (χ0v) is 10.9. The first-order chi connectivity index (χ1) is 8.30. The highest BCUT2D eigenvalue weighted by Gasteiger charge is 2.37. The molecule has 2 rings (SSSR count). The third-order valence-corrected chi connectivity index (χ3v) is 5.12. The lowest BCUT2D eigenvalue weighted by Gasteiger charge is -2.24. The van der Waals surface area contributed by atoms with E-state index in [-0.39, 0.29) is 23.6 Å². The molecule has 100 valence electrons. The highest BCUT2D eigenvalue weighted by atomic mass is 32.2. The van der Waals surface area contributed by atoms with Gasteiger partial charge in [-0.2, -0.15) is 0 Å². The fourth-order valence-electron chi connectivity index (χ4n) is 2.14. The Balaban J connectivity index is 2.06. The van der Waals surface area contributed by atoms with E-state index in [4.69, 9.17) is 0 Å². The number of sulfone groups is 1. The van der Waals surface area contributed by atoms with Crippen LogP contribution in [0.5, 0.6) is 0 Å². The summed E-state index contributed by atoms with van der Waals surface area (Å²) in [5, 5.41) is 3.01. The van der Waals surface area contributed by atoms with Crippen molar-refractivity contribution in [2.24, 2.45) is 0 Å². The van der Waals surface area contributed by atoms with Gasteiger partial charge in [-0.05, 0) is 31.5 Å². The Morgan fingerprint density at radius 1 is 1.39 bits per heavy atom. The molecule has 1 aromatic carbocycles. The van der Waals surface area contributed by atoms with E-state index in [0.29, 0.717) is 6.42 Å². The van der Waals surface area contributed by atoms with Gasteiger partial charge in [0.2, 0.25) is 0 Å². The van der Waals surface area contributed by atoms with Crippen LogP contribution in [0.1, 0.15) is 18.9 Å². The molecule has 1 aliphatic rings. The van der Waals surface area contributed by atoms with E-state index in [2.05, 4.69) is 5.32 Å². The van der Waals surface area contributed by atoms with E-state index in [1.807, 2.05) is 0 Å². The van der Waals surface area contributed by atoms with Crippen LogP contribution < -0.4 is 5.32 Å². The molecule has 0 spiro atoms. The van der Waals surface area contributed by atoms with E-state index >= 15 is 0 Å². The molecule has 1 aliphatic heterocycles. The Kier molecular flexibility index (Phi) is 3.42. The first kappa shape index (κ1) is 13.4. The van der Waals surface area contributed by atoms with Gasteiger partial charge in [-0.1, -0.05) is 0 Å². The van der Waals surface area contributed by atoms with Crippen molar-refractivity contribution < 1.29 is 17.2 Å². The molecule has 0 radical (unpaired) electrons. The van der Waals surface area contributed by atoms with Crippen LogP contribution in [0, 0.1) is 11.6 Å². The third kappa shape index (κ3) is 3.05. The van der Waals surface area contributed by atoms with Gasteiger partial charge in [0.05, 0.1) is 11.5 Å². The van der Waals surface area contributed by atoms with Crippen molar-refractivity contribution >= 4 is 9.84 Å². The summed E-state index contributed by atoms with van der Waals surface area (Å²) in [5.74, 6) is -0.815. The summed E-state index contributed by atoms with van der Waals surface area (Å²) < 4.78 is 49.2. The Hall–Kier alpha value is -1.01. The highest BCUT2D eigenvalue weighted by molar-refractivity contribution is 7.91. The SMILES string of the molecule is CC1(NCc2cc(F)ccc2F)CCS(=O)(=O)C1. The molecule has 6 heteroatoms. The van der Waals surface area contributed by atoms with Crippen molar-refractivity contribution in [1.29, 1.82) is 0 Å². The van der Waals surface area contributed by atoms with Gasteiger partial charge in [0.15, 0.2) is 9.84 Å². The Morgan fingerprint density at radius 2 is 2.11 bits per heavy atom. The lowest BCUT2D eigenvalue weighted by atomic mass is 10.0. The topological polar surface area (TPSA) is 46.2 Å². The van der Waals surface area contributed by atoms with Gasteiger partial charge < -0.3 is 5.32 Å². The molecule has 1 heterocycles. The zero-order chi connectivity index (χ0) is 13.4. The van der Waals surface area contributed by atoms with Crippen LogP contribution in [-0.2, 0) is 16.4 Å². The lowest BCUT2D eigenvalue weighted by molar-refractivity contribution is 0.390. The minimum absolute atomic E-state index is 0.0386. The predicted octanol–water partition coefficient (Wildman–Crippen LogP) is 1.63. The first-order valence-electron chi connectivity index (χ1n) is 5.69. The third-order valence-electron chi connectivity index (χ3n) is 3.22. The fraction of sp³-hybridized carbons (Fsp3) is 0.500. The quantitative estimate of drug-likeness (QED) is 0.912. The van der Waals surface area contributed by atoms with Gasteiger partial charge in [0, 0.05) is 17.6 Å². The van der Waals surface area contributed by atoms with E-state index in [1.165, 1.54) is 0 Å². The largest absolute Gasteiger partial charge is 0.306 e. The Morgan fingerprint density at radius 3 is 2.72 bits per heavy atom. The van der Waals surface area contributed by atoms with Gasteiger partial charge in [-0.3, -0.25) is 0 Å². The maximum Gasteiger partial charge on any atom is 0.152 e. The van der Waals surface area contributed by atoms with Crippen molar-refractivity contribution in [3.05, 3.63) is 35.4 Å². The summed E-state index contributed by atoms with van der Waals surface area (Å²) in [6, 6.07) is 3.25. The van der Waals surface area contributed by atoms with Gasteiger partial charge in [0.25, 0.3) is 0 Å². The molecule has 1 saturated heterocycles. The van der Waals surface area contributed by atoms with Crippen LogP contribution in [-0.4, -0.2) is 25.5 Å². The number of nitrogens with one attached hydrogen (secondary N) is 1. The first-order valence-corrected chi connectivity index (χ1v) is 7.51. The molecule has 3 nitrogen and oxygen atoms in total. The van der Waals surface area contributed by atoms with E-state index in [9.17, 15) is 17.2 Å². The summed E-state index contributed by atoms with van der Waals surface area (Å²) in [6.07, 6.45) is 0.492. The molecule has 1 unspecified atom stereocenters. The molecule has 1 fully saturated rings. The predicted molar refractivity (Wildman–Crippen MR) is 64.9 cm³/mol. The van der Waals surface area contributed by atoms with E-state index in [0.717, 1.165) is 18.2 Å². The van der Waals surface area contributed by atoms with Crippen LogP contribution in [0.3, 0.4) is 0 Å². The lowest BCUT2D eigenvalue weighted by Crippen LogP contribution is -2.43. The second kappa shape index (κ2) is 4.59. The number of hydrogen-bond donors (Lipinski definition) is 1. The molecule has 0 aliphatic carbocycles. The van der Waals surface area contributed by atoms with Crippen LogP contribution in [0.25, 0.3) is 0 Å². The molecular weight excluding hydrogens is 260 g/mol. The number of hydrogen-bond acceptors (Lipinski definition) is 3. The smallest absolute Gasteiger partial charge is 0.152 e. The molecule has 1 atom stereocenters. The summed E-state index contributed by atoms with van der Waals surface area (Å²) >= 11 is 0. The summed E-state index contributed by atoms with van der Waals surface area (Å²) in [4.78, 5) is 0. The number of halogens is 2. The summed E-state index contributed by atoms with van der Waals surface area (Å²) in [7, 11) is -3.01. The highest BCUT2D eigenvalue weighted by Crippen LogP contribution is 2.23. The maximum atomic E-state index is 13.4. The molecule has 18 heavy (non-hydrogen) atoms. The van der Waals surface area contributed by atoms with Crippen LogP contribution in [0.4, 0.5) is 8.78 Å². The van der Waals surface area contributed by atoms with Gasteiger partial charge in [0.1, 0.15) is 11.6 Å². The van der Waals surface area contributed by atoms with Gasteiger partial charge in [-0.25, -0.2) is 17.2 Å². The average molecular weight is 275 g/mol. The molecular formula is C12H15F2NO2S. The summed E-state index contributed by atoms with van der Waals surface area (Å²) in [6.45, 7) is 1.91. The molecule has 1 aromatic rings.